The highest BCUT2D eigenvalue weighted by atomic mass is 19.4. The second-order valence-corrected chi connectivity index (χ2v) is 6.40. The van der Waals surface area contributed by atoms with Crippen LogP contribution in [0.5, 0.6) is 0 Å². The Balaban J connectivity index is 5.14. The quantitative estimate of drug-likeness (QED) is 0.689. The number of halogens is 3. The molecule has 1 N–H and O–H groups in total. The van der Waals surface area contributed by atoms with Crippen molar-refractivity contribution in [3.05, 3.63) is 24.3 Å². The number of hydrogen-bond acceptors (Lipinski definition) is 3. The number of carbonyl (C=O) groups is 1. The van der Waals surface area contributed by atoms with Crippen LogP contribution in [0.3, 0.4) is 0 Å². The van der Waals surface area contributed by atoms with Gasteiger partial charge in [0, 0.05) is 24.0 Å². The van der Waals surface area contributed by atoms with Gasteiger partial charge < -0.3 is 5.11 Å². The van der Waals surface area contributed by atoms with Gasteiger partial charge in [0.15, 0.2) is 5.78 Å². The predicted molar refractivity (Wildman–Crippen MR) is 86.0 cm³/mol. The second kappa shape index (κ2) is 9.23. The van der Waals surface area contributed by atoms with Gasteiger partial charge in [0.1, 0.15) is 0 Å². The lowest BCUT2D eigenvalue weighted by Gasteiger charge is -2.36. The van der Waals surface area contributed by atoms with Crippen LogP contribution in [0.15, 0.2) is 24.3 Å². The second-order valence-electron chi connectivity index (χ2n) is 6.40. The van der Waals surface area contributed by atoms with Gasteiger partial charge in [-0.3, -0.25) is 9.69 Å². The van der Waals surface area contributed by atoms with Crippen molar-refractivity contribution < 1.29 is 23.1 Å². The highest BCUT2D eigenvalue weighted by molar-refractivity contribution is 5.86. The molecular formula is C17H28F3NO2. The van der Waals surface area contributed by atoms with Crippen molar-refractivity contribution in [2.24, 2.45) is 11.8 Å². The topological polar surface area (TPSA) is 40.5 Å². The van der Waals surface area contributed by atoms with Gasteiger partial charge in [-0.2, -0.15) is 13.2 Å². The van der Waals surface area contributed by atoms with Gasteiger partial charge in [-0.1, -0.05) is 39.0 Å². The van der Waals surface area contributed by atoms with Gasteiger partial charge in [-0.05, 0) is 20.9 Å². The number of allylic oxidation sites excluding steroid dienone is 3. The number of hydrogen-bond donors (Lipinski definition) is 1. The number of alkyl halides is 3. The monoisotopic (exact) mass is 335 g/mol. The third-order valence-corrected chi connectivity index (χ3v) is 3.79. The predicted octanol–water partition coefficient (Wildman–Crippen LogP) is 3.59. The van der Waals surface area contributed by atoms with Crippen LogP contribution < -0.4 is 0 Å². The van der Waals surface area contributed by atoms with E-state index >= 15 is 0 Å². The molecule has 0 aliphatic rings. The molecule has 0 heterocycles. The maximum absolute atomic E-state index is 12.4. The highest BCUT2D eigenvalue weighted by Crippen LogP contribution is 2.20. The third kappa shape index (κ3) is 7.79. The first-order valence-electron chi connectivity index (χ1n) is 7.75. The SMILES string of the molecule is CC(C)C(=O)[C@H]([C@H](O)[C@H](C)/C=C/C=C/C(F)(F)F)N(C)C(C)C. The van der Waals surface area contributed by atoms with Crippen LogP contribution in [-0.4, -0.2) is 47.2 Å². The molecule has 3 nitrogen and oxygen atoms in total. The van der Waals surface area contributed by atoms with Crippen molar-refractivity contribution in [1.29, 1.82) is 0 Å². The molecule has 3 atom stereocenters. The molecule has 0 fully saturated rings. The summed E-state index contributed by atoms with van der Waals surface area (Å²) in [5.41, 5.74) is 0. The summed E-state index contributed by atoms with van der Waals surface area (Å²) >= 11 is 0. The molecule has 0 aliphatic carbocycles. The average Bonchev–Trinajstić information content (AvgIpc) is 2.41. The van der Waals surface area contributed by atoms with Crippen molar-refractivity contribution in [3.8, 4) is 0 Å². The molecule has 0 unspecified atom stereocenters. The Kier molecular flexibility index (Phi) is 8.77. The van der Waals surface area contributed by atoms with Crippen molar-refractivity contribution in [2.45, 2.75) is 59.0 Å². The van der Waals surface area contributed by atoms with E-state index in [0.29, 0.717) is 0 Å². The molecule has 0 spiro atoms. The van der Waals surface area contributed by atoms with E-state index < -0.39 is 24.2 Å². The number of ketones is 1. The number of carbonyl (C=O) groups excluding carboxylic acids is 1. The highest BCUT2D eigenvalue weighted by Gasteiger charge is 2.35. The molecular weight excluding hydrogens is 307 g/mol. The molecule has 0 amide bonds. The molecule has 0 aromatic heterocycles. The van der Waals surface area contributed by atoms with Crippen LogP contribution in [0.25, 0.3) is 0 Å². The van der Waals surface area contributed by atoms with E-state index in [9.17, 15) is 23.1 Å². The summed E-state index contributed by atoms with van der Waals surface area (Å²) in [6.07, 6.45) is -1.63. The van der Waals surface area contributed by atoms with Crippen LogP contribution in [0.1, 0.15) is 34.6 Å². The molecule has 0 radical (unpaired) electrons. The number of rotatable bonds is 8. The Labute approximate surface area is 136 Å². The van der Waals surface area contributed by atoms with Crippen LogP contribution in [-0.2, 0) is 4.79 Å². The molecule has 134 valence electrons. The van der Waals surface area contributed by atoms with Crippen LogP contribution in [0.4, 0.5) is 13.2 Å². The molecule has 0 aromatic rings. The molecule has 0 aliphatic heterocycles. The minimum Gasteiger partial charge on any atom is -0.390 e. The fraction of sp³-hybridized carbons (Fsp3) is 0.706. The molecule has 6 heteroatoms. The zero-order chi connectivity index (χ0) is 18.4. The van der Waals surface area contributed by atoms with Gasteiger partial charge in [0.25, 0.3) is 0 Å². The number of likely N-dealkylation sites (N-methyl/N-ethyl adjacent to an activating group) is 1. The minimum atomic E-state index is -4.36. The summed E-state index contributed by atoms with van der Waals surface area (Å²) in [4.78, 5) is 14.2. The van der Waals surface area contributed by atoms with E-state index in [-0.39, 0.29) is 23.8 Å². The van der Waals surface area contributed by atoms with E-state index in [1.807, 2.05) is 13.8 Å². The van der Waals surface area contributed by atoms with Crippen molar-refractivity contribution >= 4 is 5.78 Å². The fourth-order valence-electron chi connectivity index (χ4n) is 2.08. The van der Waals surface area contributed by atoms with Gasteiger partial charge in [-0.25, -0.2) is 0 Å². The number of Topliss-reactive ketones (excluding diaryl/α,β-unsaturated/α-hetero) is 1. The summed E-state index contributed by atoms with van der Waals surface area (Å²) in [5, 5.41) is 10.5. The third-order valence-electron chi connectivity index (χ3n) is 3.79. The molecule has 0 saturated heterocycles. The maximum Gasteiger partial charge on any atom is 0.409 e. The first-order valence-corrected chi connectivity index (χ1v) is 7.75. The smallest absolute Gasteiger partial charge is 0.390 e. The number of aliphatic hydroxyl groups is 1. The Hall–Kier alpha value is -1.14. The summed E-state index contributed by atoms with van der Waals surface area (Å²) < 4.78 is 36.1. The van der Waals surface area contributed by atoms with Crippen molar-refractivity contribution in [3.63, 3.8) is 0 Å². The van der Waals surface area contributed by atoms with Gasteiger partial charge in [-0.15, -0.1) is 0 Å². The standard InChI is InChI=1S/C17H28F3NO2/c1-11(2)15(22)14(21(6)12(3)4)16(23)13(5)9-7-8-10-17(18,19)20/h7-14,16,23H,1-6H3/b9-7+,10-8+/t13-,14-,16-/m1/s1. The summed E-state index contributed by atoms with van der Waals surface area (Å²) in [5.74, 6) is -0.779. The van der Waals surface area contributed by atoms with Crippen LogP contribution >= 0.6 is 0 Å². The largest absolute Gasteiger partial charge is 0.409 e. The van der Waals surface area contributed by atoms with E-state index in [4.69, 9.17) is 0 Å². The zero-order valence-electron chi connectivity index (χ0n) is 14.6. The summed E-state index contributed by atoms with van der Waals surface area (Å²) in [7, 11) is 1.76. The van der Waals surface area contributed by atoms with Crippen LogP contribution in [0, 0.1) is 11.8 Å². The van der Waals surface area contributed by atoms with Crippen molar-refractivity contribution in [2.75, 3.05) is 7.05 Å². The van der Waals surface area contributed by atoms with E-state index in [2.05, 4.69) is 0 Å². The molecule has 0 aromatic carbocycles. The van der Waals surface area contributed by atoms with Gasteiger partial charge in [0.2, 0.25) is 0 Å². The first-order chi connectivity index (χ1) is 10.4. The zero-order valence-corrected chi connectivity index (χ0v) is 14.6. The lowest BCUT2D eigenvalue weighted by molar-refractivity contribution is -0.132. The lowest BCUT2D eigenvalue weighted by Crippen LogP contribution is -2.53. The lowest BCUT2D eigenvalue weighted by atomic mass is 9.88. The van der Waals surface area contributed by atoms with Crippen LogP contribution in [0.2, 0.25) is 0 Å². The Morgan fingerprint density at radius 3 is 2.00 bits per heavy atom. The van der Waals surface area contributed by atoms with Gasteiger partial charge in [0.05, 0.1) is 12.1 Å². The Morgan fingerprint density at radius 2 is 1.61 bits per heavy atom. The average molecular weight is 335 g/mol. The van der Waals surface area contributed by atoms with Gasteiger partial charge >= 0.3 is 6.18 Å². The Morgan fingerprint density at radius 1 is 1.09 bits per heavy atom. The molecule has 0 saturated carbocycles. The number of nitrogens with zero attached hydrogens (tertiary/aromatic N) is 1. The van der Waals surface area contributed by atoms with E-state index in [1.165, 1.54) is 12.2 Å². The minimum absolute atomic E-state index is 0.0543. The molecule has 0 rings (SSSR count). The normalized spacial score (nSPS) is 17.6. The number of aliphatic hydroxyl groups excluding tert-OH is 1. The molecule has 0 bridgehead atoms. The van der Waals surface area contributed by atoms with Crippen molar-refractivity contribution in [1.82, 2.24) is 4.90 Å². The summed E-state index contributed by atoms with van der Waals surface area (Å²) in [6, 6.07) is -0.639. The molecule has 23 heavy (non-hydrogen) atoms. The summed E-state index contributed by atoms with van der Waals surface area (Å²) in [6.45, 7) is 9.04. The maximum atomic E-state index is 12.4. The Bertz CT molecular complexity index is 428. The van der Waals surface area contributed by atoms with E-state index in [0.717, 1.165) is 6.08 Å². The first kappa shape index (κ1) is 21.9. The van der Waals surface area contributed by atoms with E-state index in [1.54, 1.807) is 32.7 Å². The fourth-order valence-corrected chi connectivity index (χ4v) is 2.08.